The van der Waals surface area contributed by atoms with Crippen molar-refractivity contribution in [1.29, 1.82) is 0 Å². The fraction of sp³-hybridized carbons (Fsp3) is 0.375. The van der Waals surface area contributed by atoms with Gasteiger partial charge in [-0.25, -0.2) is 0 Å². The smallest absolute Gasteiger partial charge is 0.0483 e. The number of aliphatic hydroxyl groups excluding tert-OH is 1. The van der Waals surface area contributed by atoms with Gasteiger partial charge in [-0.15, -0.1) is 0 Å². The summed E-state index contributed by atoms with van der Waals surface area (Å²) < 4.78 is 0. The van der Waals surface area contributed by atoms with E-state index in [1.54, 1.807) is 26.2 Å². The predicted octanol–water partition coefficient (Wildman–Crippen LogP) is 0.644. The first-order chi connectivity index (χ1) is 4.73. The van der Waals surface area contributed by atoms with Gasteiger partial charge in [0.2, 0.25) is 0 Å². The molecular weight excluding hydrogens is 142 g/mol. The monoisotopic (exact) mass is 157 g/mol. The van der Waals surface area contributed by atoms with E-state index < -0.39 is 0 Å². The highest BCUT2D eigenvalue weighted by molar-refractivity contribution is 4.88. The molecule has 0 spiro atoms. The highest BCUT2D eigenvalue weighted by Gasteiger charge is 1.69. The number of aliphatic hydroxyl groups is 1. The standard InChI is InChI=1S/C5H5N.C3H8O.H2O/c1-2-4-6-5-3-1;1-3(2)4;/h1-5H;3-4H,1-2H3;1H2. The Morgan fingerprint density at radius 2 is 1.45 bits per heavy atom. The maximum Gasteiger partial charge on any atom is 0.0483 e. The second-order valence-corrected chi connectivity index (χ2v) is 2.12. The number of aromatic nitrogens is 1. The fourth-order valence-electron chi connectivity index (χ4n) is 0.313. The van der Waals surface area contributed by atoms with Crippen LogP contribution in [0.1, 0.15) is 13.8 Å². The molecule has 1 rings (SSSR count). The average Bonchev–Trinajstić information content (AvgIpc) is 1.90. The molecule has 0 radical (unpaired) electrons. The minimum Gasteiger partial charge on any atom is -0.412 e. The summed E-state index contributed by atoms with van der Waals surface area (Å²) in [4.78, 5) is 3.78. The van der Waals surface area contributed by atoms with E-state index in [1.165, 1.54) is 0 Å². The zero-order valence-electron chi connectivity index (χ0n) is 6.86. The van der Waals surface area contributed by atoms with Gasteiger partial charge in [-0.3, -0.25) is 4.98 Å². The zero-order valence-corrected chi connectivity index (χ0v) is 6.86. The van der Waals surface area contributed by atoms with Crippen LogP contribution in [0.15, 0.2) is 30.6 Å². The minimum absolute atomic E-state index is 0. The van der Waals surface area contributed by atoms with E-state index in [1.807, 2.05) is 18.2 Å². The van der Waals surface area contributed by atoms with Gasteiger partial charge in [-0.05, 0) is 26.0 Å². The Hall–Kier alpha value is -0.930. The Morgan fingerprint density at radius 1 is 1.09 bits per heavy atom. The minimum atomic E-state index is -0.167. The van der Waals surface area contributed by atoms with Gasteiger partial charge in [0.05, 0.1) is 0 Å². The van der Waals surface area contributed by atoms with Crippen LogP contribution in [0.3, 0.4) is 0 Å². The molecule has 64 valence electrons. The largest absolute Gasteiger partial charge is 0.412 e. The maximum atomic E-state index is 8.06. The van der Waals surface area contributed by atoms with Gasteiger partial charge in [0.15, 0.2) is 0 Å². The second-order valence-electron chi connectivity index (χ2n) is 2.12. The van der Waals surface area contributed by atoms with E-state index in [2.05, 4.69) is 4.98 Å². The van der Waals surface area contributed by atoms with E-state index in [-0.39, 0.29) is 11.6 Å². The maximum absolute atomic E-state index is 8.06. The van der Waals surface area contributed by atoms with E-state index in [9.17, 15) is 0 Å². The van der Waals surface area contributed by atoms with Gasteiger partial charge in [0, 0.05) is 18.5 Å². The first-order valence-corrected chi connectivity index (χ1v) is 3.26. The fourth-order valence-corrected chi connectivity index (χ4v) is 0.313. The summed E-state index contributed by atoms with van der Waals surface area (Å²) in [5.41, 5.74) is 0. The van der Waals surface area contributed by atoms with Crippen LogP contribution in [0, 0.1) is 0 Å². The Balaban J connectivity index is 0. The molecule has 0 amide bonds. The Morgan fingerprint density at radius 3 is 1.55 bits per heavy atom. The van der Waals surface area contributed by atoms with Gasteiger partial charge >= 0.3 is 0 Å². The topological polar surface area (TPSA) is 64.6 Å². The van der Waals surface area contributed by atoms with Crippen LogP contribution in [0.25, 0.3) is 0 Å². The number of hydrogen-bond acceptors (Lipinski definition) is 2. The zero-order chi connectivity index (χ0) is 7.82. The van der Waals surface area contributed by atoms with Crippen molar-refractivity contribution in [2.45, 2.75) is 20.0 Å². The highest BCUT2D eigenvalue weighted by Crippen LogP contribution is 1.73. The molecule has 11 heavy (non-hydrogen) atoms. The average molecular weight is 157 g/mol. The second kappa shape index (κ2) is 9.07. The molecular formula is C8H15NO2. The van der Waals surface area contributed by atoms with E-state index in [0.717, 1.165) is 0 Å². The Labute approximate surface area is 67.0 Å². The molecule has 0 aliphatic carbocycles. The van der Waals surface area contributed by atoms with Crippen molar-refractivity contribution < 1.29 is 10.6 Å². The third kappa shape index (κ3) is 17.6. The first kappa shape index (κ1) is 12.7. The SMILES string of the molecule is CC(C)O.O.c1ccncc1. The number of nitrogens with zero attached hydrogens (tertiary/aromatic N) is 1. The highest BCUT2D eigenvalue weighted by atomic mass is 16.3. The van der Waals surface area contributed by atoms with Crippen molar-refractivity contribution in [3.63, 3.8) is 0 Å². The summed E-state index contributed by atoms with van der Waals surface area (Å²) in [5.74, 6) is 0. The molecule has 0 atom stereocenters. The van der Waals surface area contributed by atoms with E-state index >= 15 is 0 Å². The molecule has 3 nitrogen and oxygen atoms in total. The van der Waals surface area contributed by atoms with Crippen LogP contribution in [0.4, 0.5) is 0 Å². The Bertz CT molecular complexity index is 113. The molecule has 0 saturated heterocycles. The van der Waals surface area contributed by atoms with Crippen LogP contribution in [-0.4, -0.2) is 21.7 Å². The molecule has 0 saturated carbocycles. The Kier molecular flexibility index (Phi) is 10.5. The summed E-state index contributed by atoms with van der Waals surface area (Å²) in [6.45, 7) is 3.44. The van der Waals surface area contributed by atoms with Crippen LogP contribution < -0.4 is 0 Å². The lowest BCUT2D eigenvalue weighted by molar-refractivity contribution is 0.216. The molecule has 0 aliphatic heterocycles. The summed E-state index contributed by atoms with van der Waals surface area (Å²) in [6, 6.07) is 5.72. The van der Waals surface area contributed by atoms with Gasteiger partial charge < -0.3 is 10.6 Å². The van der Waals surface area contributed by atoms with Gasteiger partial charge in [-0.2, -0.15) is 0 Å². The first-order valence-electron chi connectivity index (χ1n) is 3.26. The lowest BCUT2D eigenvalue weighted by Crippen LogP contribution is -1.85. The summed E-state index contributed by atoms with van der Waals surface area (Å²) in [6.07, 6.45) is 3.33. The van der Waals surface area contributed by atoms with Crippen molar-refractivity contribution >= 4 is 0 Å². The third-order valence-corrected chi connectivity index (χ3v) is 0.566. The van der Waals surface area contributed by atoms with Crippen LogP contribution in [0.2, 0.25) is 0 Å². The van der Waals surface area contributed by atoms with Crippen LogP contribution in [-0.2, 0) is 0 Å². The number of rotatable bonds is 0. The molecule has 3 heteroatoms. The summed E-state index contributed by atoms with van der Waals surface area (Å²) in [7, 11) is 0. The van der Waals surface area contributed by atoms with Crippen molar-refractivity contribution in [3.8, 4) is 0 Å². The number of pyridine rings is 1. The van der Waals surface area contributed by atoms with Crippen molar-refractivity contribution in [2.24, 2.45) is 0 Å². The summed E-state index contributed by atoms with van der Waals surface area (Å²) in [5, 5.41) is 8.06. The third-order valence-electron chi connectivity index (χ3n) is 0.566. The van der Waals surface area contributed by atoms with Gasteiger partial charge in [-0.1, -0.05) is 6.07 Å². The summed E-state index contributed by atoms with van der Waals surface area (Å²) >= 11 is 0. The van der Waals surface area contributed by atoms with Gasteiger partial charge in [0.1, 0.15) is 0 Å². The van der Waals surface area contributed by atoms with Crippen LogP contribution in [0.5, 0.6) is 0 Å². The van der Waals surface area contributed by atoms with Crippen molar-refractivity contribution in [2.75, 3.05) is 0 Å². The van der Waals surface area contributed by atoms with Crippen molar-refractivity contribution in [1.82, 2.24) is 4.98 Å². The molecule has 1 aromatic heterocycles. The number of hydrogen-bond donors (Lipinski definition) is 1. The molecule has 0 fully saturated rings. The normalized spacial score (nSPS) is 7.64. The molecule has 3 N–H and O–H groups in total. The molecule has 0 aliphatic rings. The molecule has 1 aromatic rings. The lowest BCUT2D eigenvalue weighted by atomic mass is 10.5. The quantitative estimate of drug-likeness (QED) is 0.600. The molecule has 0 aromatic carbocycles. The molecule has 0 unspecified atom stereocenters. The molecule has 1 heterocycles. The van der Waals surface area contributed by atoms with Crippen LogP contribution >= 0.6 is 0 Å². The van der Waals surface area contributed by atoms with Crippen molar-refractivity contribution in [3.05, 3.63) is 30.6 Å². The van der Waals surface area contributed by atoms with E-state index in [0.29, 0.717) is 0 Å². The lowest BCUT2D eigenvalue weighted by Gasteiger charge is -1.80. The predicted molar refractivity (Wildman–Crippen MR) is 45.2 cm³/mol. The van der Waals surface area contributed by atoms with Gasteiger partial charge in [0.25, 0.3) is 0 Å². The van der Waals surface area contributed by atoms with E-state index in [4.69, 9.17) is 5.11 Å². The molecule has 0 bridgehead atoms.